The number of carbonyl (C=O) groups excluding carboxylic acids is 1. The first-order valence-electron chi connectivity index (χ1n) is 4.76. The fraction of sp³-hybridized carbons (Fsp3) is 0.154. The number of allylic oxidation sites excluding steroid dienone is 3. The van der Waals surface area contributed by atoms with Gasteiger partial charge in [0.1, 0.15) is 0 Å². The number of ketones is 1. The van der Waals surface area contributed by atoms with Gasteiger partial charge in [0.15, 0.2) is 5.78 Å². The molecule has 1 aliphatic rings. The molecule has 14 heavy (non-hydrogen) atoms. The molecular formula is C13H12O. The van der Waals surface area contributed by atoms with Gasteiger partial charge in [0, 0.05) is 5.57 Å². The molecule has 0 saturated carbocycles. The van der Waals surface area contributed by atoms with Crippen LogP contribution in [0.1, 0.15) is 24.5 Å². The number of benzene rings is 1. The topological polar surface area (TPSA) is 17.1 Å². The molecule has 1 heteroatoms. The number of hydrogen-bond donors (Lipinski definition) is 0. The molecule has 1 aromatic carbocycles. The van der Waals surface area contributed by atoms with Gasteiger partial charge in [-0.05, 0) is 24.5 Å². The molecule has 70 valence electrons. The fourth-order valence-electron chi connectivity index (χ4n) is 1.71. The SMILES string of the molecule is CC(=O)C1=CCC=Cc2ccccc21. The lowest BCUT2D eigenvalue weighted by Crippen LogP contribution is -1.97. The third kappa shape index (κ3) is 1.53. The highest BCUT2D eigenvalue weighted by molar-refractivity contribution is 6.20. The van der Waals surface area contributed by atoms with Crippen molar-refractivity contribution in [2.45, 2.75) is 13.3 Å². The number of carbonyl (C=O) groups is 1. The first-order chi connectivity index (χ1) is 6.79. The molecule has 0 amide bonds. The highest BCUT2D eigenvalue weighted by Gasteiger charge is 2.10. The zero-order valence-corrected chi connectivity index (χ0v) is 8.16. The van der Waals surface area contributed by atoms with Crippen LogP contribution in [0.5, 0.6) is 0 Å². The van der Waals surface area contributed by atoms with Crippen molar-refractivity contribution in [1.29, 1.82) is 0 Å². The smallest absolute Gasteiger partial charge is 0.160 e. The highest BCUT2D eigenvalue weighted by Crippen LogP contribution is 2.24. The molecular weight excluding hydrogens is 172 g/mol. The summed E-state index contributed by atoms with van der Waals surface area (Å²) in [6.45, 7) is 1.62. The van der Waals surface area contributed by atoms with Crippen molar-refractivity contribution < 1.29 is 4.79 Å². The van der Waals surface area contributed by atoms with E-state index >= 15 is 0 Å². The van der Waals surface area contributed by atoms with E-state index in [1.807, 2.05) is 30.3 Å². The summed E-state index contributed by atoms with van der Waals surface area (Å²) < 4.78 is 0. The highest BCUT2D eigenvalue weighted by atomic mass is 16.1. The summed E-state index contributed by atoms with van der Waals surface area (Å²) in [5.74, 6) is 0.140. The van der Waals surface area contributed by atoms with Gasteiger partial charge >= 0.3 is 0 Å². The summed E-state index contributed by atoms with van der Waals surface area (Å²) in [5.41, 5.74) is 3.02. The fourth-order valence-corrected chi connectivity index (χ4v) is 1.71. The van der Waals surface area contributed by atoms with Gasteiger partial charge in [-0.25, -0.2) is 0 Å². The molecule has 1 nitrogen and oxygen atoms in total. The van der Waals surface area contributed by atoms with Gasteiger partial charge in [-0.1, -0.05) is 42.5 Å². The van der Waals surface area contributed by atoms with Crippen LogP contribution in [0.2, 0.25) is 0 Å². The van der Waals surface area contributed by atoms with E-state index in [2.05, 4.69) is 12.2 Å². The first-order valence-corrected chi connectivity index (χ1v) is 4.76. The lowest BCUT2D eigenvalue weighted by Gasteiger charge is -2.05. The van der Waals surface area contributed by atoms with Gasteiger partial charge in [-0.15, -0.1) is 0 Å². The molecule has 0 aliphatic heterocycles. The summed E-state index contributed by atoms with van der Waals surface area (Å²) in [4.78, 5) is 11.4. The third-order valence-electron chi connectivity index (χ3n) is 2.39. The van der Waals surface area contributed by atoms with Crippen LogP contribution in [0, 0.1) is 0 Å². The lowest BCUT2D eigenvalue weighted by atomic mass is 9.98. The Morgan fingerprint density at radius 1 is 1.29 bits per heavy atom. The van der Waals surface area contributed by atoms with Gasteiger partial charge in [0.05, 0.1) is 0 Å². The molecule has 0 atom stereocenters. The predicted octanol–water partition coefficient (Wildman–Crippen LogP) is 3.08. The summed E-state index contributed by atoms with van der Waals surface area (Å²) in [6.07, 6.45) is 6.98. The molecule has 0 bridgehead atoms. The lowest BCUT2D eigenvalue weighted by molar-refractivity contribution is -0.111. The molecule has 0 spiro atoms. The molecule has 1 aromatic rings. The largest absolute Gasteiger partial charge is 0.295 e. The van der Waals surface area contributed by atoms with Gasteiger partial charge in [-0.2, -0.15) is 0 Å². The molecule has 0 heterocycles. The number of fused-ring (bicyclic) bond motifs is 1. The van der Waals surface area contributed by atoms with Gasteiger partial charge in [0.2, 0.25) is 0 Å². The van der Waals surface area contributed by atoms with E-state index in [1.165, 1.54) is 0 Å². The van der Waals surface area contributed by atoms with E-state index in [9.17, 15) is 4.79 Å². The minimum absolute atomic E-state index is 0.140. The molecule has 0 radical (unpaired) electrons. The second kappa shape index (κ2) is 3.62. The Bertz CT molecular complexity index is 425. The number of rotatable bonds is 1. The Labute approximate surface area is 83.8 Å². The Balaban J connectivity index is 2.60. The predicted molar refractivity (Wildman–Crippen MR) is 58.8 cm³/mol. The summed E-state index contributed by atoms with van der Waals surface area (Å²) in [7, 11) is 0. The van der Waals surface area contributed by atoms with Crippen molar-refractivity contribution >= 4 is 17.4 Å². The summed E-state index contributed by atoms with van der Waals surface area (Å²) in [5, 5.41) is 0. The van der Waals surface area contributed by atoms with Crippen LogP contribution in [0.25, 0.3) is 11.6 Å². The first kappa shape index (κ1) is 8.95. The molecule has 2 rings (SSSR count). The van der Waals surface area contributed by atoms with Crippen LogP contribution >= 0.6 is 0 Å². The van der Waals surface area contributed by atoms with Gasteiger partial charge < -0.3 is 0 Å². The zero-order chi connectivity index (χ0) is 9.97. The van der Waals surface area contributed by atoms with E-state index in [0.717, 1.165) is 23.1 Å². The summed E-state index contributed by atoms with van der Waals surface area (Å²) >= 11 is 0. The maximum absolute atomic E-state index is 11.4. The van der Waals surface area contributed by atoms with E-state index in [1.54, 1.807) is 6.92 Å². The Morgan fingerprint density at radius 3 is 2.86 bits per heavy atom. The van der Waals surface area contributed by atoms with Gasteiger partial charge in [-0.3, -0.25) is 4.79 Å². The molecule has 0 aromatic heterocycles. The van der Waals surface area contributed by atoms with Crippen LogP contribution in [-0.4, -0.2) is 5.78 Å². The van der Waals surface area contributed by atoms with E-state index in [4.69, 9.17) is 0 Å². The Kier molecular flexibility index (Phi) is 2.32. The average Bonchev–Trinajstić information content (AvgIpc) is 2.39. The van der Waals surface area contributed by atoms with Crippen LogP contribution in [0.3, 0.4) is 0 Å². The van der Waals surface area contributed by atoms with Crippen molar-refractivity contribution in [3.8, 4) is 0 Å². The average molecular weight is 184 g/mol. The van der Waals surface area contributed by atoms with Gasteiger partial charge in [0.25, 0.3) is 0 Å². The summed E-state index contributed by atoms with van der Waals surface area (Å²) in [6, 6.07) is 7.99. The van der Waals surface area contributed by atoms with Crippen molar-refractivity contribution in [1.82, 2.24) is 0 Å². The maximum atomic E-state index is 11.4. The zero-order valence-electron chi connectivity index (χ0n) is 8.16. The monoisotopic (exact) mass is 184 g/mol. The second-order valence-corrected chi connectivity index (χ2v) is 3.40. The minimum Gasteiger partial charge on any atom is -0.295 e. The molecule has 0 unspecified atom stereocenters. The second-order valence-electron chi connectivity index (χ2n) is 3.40. The Morgan fingerprint density at radius 2 is 2.07 bits per heavy atom. The van der Waals surface area contributed by atoms with Crippen molar-refractivity contribution in [2.24, 2.45) is 0 Å². The van der Waals surface area contributed by atoms with E-state index in [0.29, 0.717) is 0 Å². The maximum Gasteiger partial charge on any atom is 0.160 e. The van der Waals surface area contributed by atoms with Crippen LogP contribution in [0.4, 0.5) is 0 Å². The normalized spacial score (nSPS) is 14.2. The van der Waals surface area contributed by atoms with Crippen molar-refractivity contribution in [3.05, 3.63) is 47.5 Å². The quantitative estimate of drug-likeness (QED) is 0.655. The Hall–Kier alpha value is -1.63. The van der Waals surface area contributed by atoms with Crippen LogP contribution < -0.4 is 0 Å². The van der Waals surface area contributed by atoms with Crippen molar-refractivity contribution in [3.63, 3.8) is 0 Å². The molecule has 0 N–H and O–H groups in total. The third-order valence-corrected chi connectivity index (χ3v) is 2.39. The number of hydrogen-bond acceptors (Lipinski definition) is 1. The molecule has 1 aliphatic carbocycles. The number of Topliss-reactive ketones (excluding diaryl/α,β-unsaturated/α-hetero) is 1. The minimum atomic E-state index is 0.140. The van der Waals surface area contributed by atoms with Crippen molar-refractivity contribution in [2.75, 3.05) is 0 Å². The molecule has 0 fully saturated rings. The van der Waals surface area contributed by atoms with Crippen LogP contribution in [-0.2, 0) is 4.79 Å². The standard InChI is InChI=1S/C13H12O/c1-10(14)12-8-4-2-6-11-7-3-5-9-13(11)12/h2-3,5-9H,4H2,1H3. The van der Waals surface area contributed by atoms with E-state index < -0.39 is 0 Å². The van der Waals surface area contributed by atoms with E-state index in [-0.39, 0.29) is 5.78 Å². The molecule has 0 saturated heterocycles. The van der Waals surface area contributed by atoms with Crippen LogP contribution in [0.15, 0.2) is 36.4 Å².